The van der Waals surface area contributed by atoms with Gasteiger partial charge in [0.25, 0.3) is 0 Å². The van der Waals surface area contributed by atoms with Crippen molar-refractivity contribution in [3.8, 4) is 16.9 Å². The number of carboxylic acid groups (broad SMARTS) is 1. The summed E-state index contributed by atoms with van der Waals surface area (Å²) in [5, 5.41) is 14.9. The molecule has 0 bridgehead atoms. The number of carbonyl (C=O) groups is 2. The predicted molar refractivity (Wildman–Crippen MR) is 117 cm³/mol. The second kappa shape index (κ2) is 10.3. The number of hydrogen-bond acceptors (Lipinski definition) is 4. The Kier molecular flexibility index (Phi) is 7.46. The Morgan fingerprint density at radius 1 is 1.03 bits per heavy atom. The van der Waals surface area contributed by atoms with E-state index in [0.29, 0.717) is 30.6 Å². The van der Waals surface area contributed by atoms with Crippen LogP contribution in [0.1, 0.15) is 48.5 Å². The van der Waals surface area contributed by atoms with Crippen LogP contribution in [0, 0.1) is 5.92 Å². The van der Waals surface area contributed by atoms with Crippen LogP contribution in [0.25, 0.3) is 11.1 Å². The molecule has 0 spiro atoms. The van der Waals surface area contributed by atoms with E-state index in [1.807, 2.05) is 36.4 Å². The highest BCUT2D eigenvalue weighted by molar-refractivity contribution is 5.94. The van der Waals surface area contributed by atoms with Crippen LogP contribution in [0.3, 0.4) is 0 Å². The maximum Gasteiger partial charge on any atom is 0.404 e. The molecular formula is C24H30N2O4. The molecule has 0 unspecified atom stereocenters. The van der Waals surface area contributed by atoms with Crippen molar-refractivity contribution < 1.29 is 19.4 Å². The first kappa shape index (κ1) is 21.8. The van der Waals surface area contributed by atoms with Gasteiger partial charge in [0.15, 0.2) is 5.78 Å². The molecule has 3 N–H and O–H groups in total. The van der Waals surface area contributed by atoms with E-state index < -0.39 is 6.09 Å². The van der Waals surface area contributed by atoms with E-state index in [1.54, 1.807) is 14.0 Å². The van der Waals surface area contributed by atoms with Gasteiger partial charge in [-0.25, -0.2) is 4.79 Å². The van der Waals surface area contributed by atoms with Crippen LogP contribution >= 0.6 is 0 Å². The third-order valence-electron chi connectivity index (χ3n) is 5.88. The highest BCUT2D eigenvalue weighted by atomic mass is 16.5. The van der Waals surface area contributed by atoms with E-state index in [2.05, 4.69) is 16.7 Å². The topological polar surface area (TPSA) is 87.7 Å². The number of benzene rings is 2. The summed E-state index contributed by atoms with van der Waals surface area (Å²) in [6, 6.07) is 14.2. The smallest absolute Gasteiger partial charge is 0.404 e. The number of ether oxygens (including phenoxy) is 1. The van der Waals surface area contributed by atoms with Crippen LogP contribution in [0.15, 0.2) is 42.5 Å². The fraction of sp³-hybridized carbons (Fsp3) is 0.417. The van der Waals surface area contributed by atoms with Crippen molar-refractivity contribution in [3.05, 3.63) is 53.6 Å². The summed E-state index contributed by atoms with van der Waals surface area (Å²) in [6.45, 7) is 2.83. The van der Waals surface area contributed by atoms with Crippen LogP contribution in [0.2, 0.25) is 0 Å². The van der Waals surface area contributed by atoms with Crippen LogP contribution in [0.5, 0.6) is 5.75 Å². The van der Waals surface area contributed by atoms with Gasteiger partial charge in [-0.2, -0.15) is 0 Å². The van der Waals surface area contributed by atoms with Crippen molar-refractivity contribution in [1.82, 2.24) is 10.6 Å². The minimum atomic E-state index is -0.946. The summed E-state index contributed by atoms with van der Waals surface area (Å²) >= 11 is 0. The van der Waals surface area contributed by atoms with E-state index in [1.165, 1.54) is 0 Å². The predicted octanol–water partition coefficient (Wildman–Crippen LogP) is 4.48. The van der Waals surface area contributed by atoms with Gasteiger partial charge in [0.2, 0.25) is 0 Å². The van der Waals surface area contributed by atoms with Crippen LogP contribution in [-0.2, 0) is 6.54 Å². The van der Waals surface area contributed by atoms with Crippen LogP contribution < -0.4 is 15.4 Å². The monoisotopic (exact) mass is 410 g/mol. The van der Waals surface area contributed by atoms with Gasteiger partial charge in [0.1, 0.15) is 5.75 Å². The van der Waals surface area contributed by atoms with Gasteiger partial charge in [-0.05, 0) is 61.8 Å². The number of hydrogen-bond donors (Lipinski definition) is 3. The molecular weight excluding hydrogens is 380 g/mol. The van der Waals surface area contributed by atoms with Gasteiger partial charge in [-0.1, -0.05) is 30.3 Å². The minimum Gasteiger partial charge on any atom is -0.496 e. The number of ketones is 1. The minimum absolute atomic E-state index is 0.0645. The molecule has 30 heavy (non-hydrogen) atoms. The molecule has 1 aliphatic rings. The number of amides is 1. The van der Waals surface area contributed by atoms with Gasteiger partial charge < -0.3 is 20.5 Å². The number of carbonyl (C=O) groups excluding carboxylic acids is 1. The number of rotatable bonds is 8. The van der Waals surface area contributed by atoms with Crippen molar-refractivity contribution in [2.24, 2.45) is 5.92 Å². The Morgan fingerprint density at radius 3 is 2.30 bits per heavy atom. The molecule has 2 aromatic carbocycles. The highest BCUT2D eigenvalue weighted by Crippen LogP contribution is 2.28. The van der Waals surface area contributed by atoms with Gasteiger partial charge in [-0.15, -0.1) is 0 Å². The lowest BCUT2D eigenvalue weighted by Gasteiger charge is -2.29. The van der Waals surface area contributed by atoms with Gasteiger partial charge >= 0.3 is 6.09 Å². The zero-order valence-electron chi connectivity index (χ0n) is 17.6. The molecule has 0 saturated heterocycles. The lowest BCUT2D eigenvalue weighted by atomic mass is 9.86. The van der Waals surface area contributed by atoms with Crippen molar-refractivity contribution in [2.45, 2.75) is 45.2 Å². The molecule has 1 amide bonds. The quantitative estimate of drug-likeness (QED) is 0.559. The first-order valence-corrected chi connectivity index (χ1v) is 10.4. The van der Waals surface area contributed by atoms with Crippen LogP contribution in [-0.4, -0.2) is 36.7 Å². The number of nitrogens with one attached hydrogen (secondary N) is 2. The number of methoxy groups -OCH3 is 1. The molecule has 6 nitrogen and oxygen atoms in total. The second-order valence-electron chi connectivity index (χ2n) is 7.94. The van der Waals surface area contributed by atoms with E-state index >= 15 is 0 Å². The van der Waals surface area contributed by atoms with Crippen molar-refractivity contribution in [1.29, 1.82) is 0 Å². The first-order valence-electron chi connectivity index (χ1n) is 10.4. The van der Waals surface area contributed by atoms with E-state index in [0.717, 1.165) is 48.1 Å². The Hall–Kier alpha value is -2.86. The molecule has 1 fully saturated rings. The second-order valence-corrected chi connectivity index (χ2v) is 7.94. The molecule has 6 heteroatoms. The van der Waals surface area contributed by atoms with Gasteiger partial charge in [0, 0.05) is 30.3 Å². The fourth-order valence-electron chi connectivity index (χ4n) is 4.05. The van der Waals surface area contributed by atoms with E-state index in [4.69, 9.17) is 9.84 Å². The van der Waals surface area contributed by atoms with Crippen molar-refractivity contribution >= 4 is 11.9 Å². The standard InChI is InChI=1S/C24H30N2O4/c1-16(27)18-5-7-19(8-6-18)20-9-12-23(30-2)21(13-20)15-25-22-10-3-17(4-11-22)14-26-24(28)29/h5-9,12-13,17,22,25-26H,3-4,10-11,14-15H2,1-2H3,(H,28,29). The normalized spacial score (nSPS) is 18.6. The Bertz CT molecular complexity index is 871. The lowest BCUT2D eigenvalue weighted by Crippen LogP contribution is -2.36. The maximum atomic E-state index is 11.5. The van der Waals surface area contributed by atoms with Crippen molar-refractivity contribution in [3.63, 3.8) is 0 Å². The summed E-state index contributed by atoms with van der Waals surface area (Å²) in [5.41, 5.74) is 3.96. The Labute approximate surface area is 177 Å². The molecule has 1 aliphatic carbocycles. The lowest BCUT2D eigenvalue weighted by molar-refractivity contribution is 0.101. The van der Waals surface area contributed by atoms with Gasteiger partial charge in [-0.3, -0.25) is 4.79 Å². The molecule has 0 radical (unpaired) electrons. The molecule has 0 heterocycles. The van der Waals surface area contributed by atoms with E-state index in [-0.39, 0.29) is 5.78 Å². The van der Waals surface area contributed by atoms with Crippen molar-refractivity contribution in [2.75, 3.05) is 13.7 Å². The fourth-order valence-corrected chi connectivity index (χ4v) is 4.05. The summed E-state index contributed by atoms with van der Waals surface area (Å²) in [7, 11) is 1.68. The third-order valence-corrected chi connectivity index (χ3v) is 5.88. The first-order chi connectivity index (χ1) is 14.5. The third kappa shape index (κ3) is 5.83. The summed E-state index contributed by atoms with van der Waals surface area (Å²) in [5.74, 6) is 1.34. The summed E-state index contributed by atoms with van der Waals surface area (Å²) < 4.78 is 5.55. The number of Topliss-reactive ketones (excluding diaryl/α,β-unsaturated/α-hetero) is 1. The summed E-state index contributed by atoms with van der Waals surface area (Å²) in [4.78, 5) is 22.2. The largest absolute Gasteiger partial charge is 0.496 e. The molecule has 3 rings (SSSR count). The van der Waals surface area contributed by atoms with E-state index in [9.17, 15) is 9.59 Å². The highest BCUT2D eigenvalue weighted by Gasteiger charge is 2.21. The average molecular weight is 411 g/mol. The molecule has 2 aromatic rings. The zero-order valence-corrected chi connectivity index (χ0v) is 17.6. The molecule has 160 valence electrons. The molecule has 0 aromatic heterocycles. The maximum absolute atomic E-state index is 11.5. The van der Waals surface area contributed by atoms with Gasteiger partial charge in [0.05, 0.1) is 7.11 Å². The van der Waals surface area contributed by atoms with Crippen LogP contribution in [0.4, 0.5) is 4.79 Å². The molecule has 0 aliphatic heterocycles. The average Bonchev–Trinajstić information content (AvgIpc) is 2.76. The SMILES string of the molecule is COc1ccc(-c2ccc(C(C)=O)cc2)cc1CNC1CCC(CNC(=O)O)CC1. The zero-order chi connectivity index (χ0) is 21.5. The Balaban J connectivity index is 1.61. The molecule has 0 atom stereocenters. The Morgan fingerprint density at radius 2 is 1.70 bits per heavy atom. The summed E-state index contributed by atoms with van der Waals surface area (Å²) in [6.07, 6.45) is 3.19. The molecule has 1 saturated carbocycles.